The van der Waals surface area contributed by atoms with Crippen LogP contribution in [0.4, 0.5) is 14.7 Å². The van der Waals surface area contributed by atoms with Crippen molar-refractivity contribution in [3.63, 3.8) is 0 Å². The number of anilines is 1. The summed E-state index contributed by atoms with van der Waals surface area (Å²) in [5, 5.41) is 10.5. The van der Waals surface area contributed by atoms with Gasteiger partial charge in [0.05, 0.1) is 6.54 Å². The van der Waals surface area contributed by atoms with Crippen molar-refractivity contribution in [1.29, 1.82) is 0 Å². The number of hydrogen-bond donors (Lipinski definition) is 1. The van der Waals surface area contributed by atoms with E-state index in [0.29, 0.717) is 12.2 Å². The summed E-state index contributed by atoms with van der Waals surface area (Å²) in [5.41, 5.74) is 2.35. The van der Waals surface area contributed by atoms with Gasteiger partial charge in [-0.05, 0) is 25.5 Å². The van der Waals surface area contributed by atoms with Crippen molar-refractivity contribution < 1.29 is 13.6 Å². The summed E-state index contributed by atoms with van der Waals surface area (Å²) in [6.45, 7) is 3.96. The molecule has 9 heteroatoms. The fourth-order valence-corrected chi connectivity index (χ4v) is 2.53. The third-order valence-electron chi connectivity index (χ3n) is 3.73. The van der Waals surface area contributed by atoms with Crippen molar-refractivity contribution in [2.45, 2.75) is 33.4 Å². The summed E-state index contributed by atoms with van der Waals surface area (Å²) in [6.07, 6.45) is -1.15. The Morgan fingerprint density at radius 3 is 2.73 bits per heavy atom. The van der Waals surface area contributed by atoms with Crippen LogP contribution in [0.15, 0.2) is 36.7 Å². The van der Waals surface area contributed by atoms with Crippen molar-refractivity contribution in [2.75, 3.05) is 5.32 Å². The third-order valence-corrected chi connectivity index (χ3v) is 3.73. The Morgan fingerprint density at radius 2 is 2.04 bits per heavy atom. The van der Waals surface area contributed by atoms with E-state index in [1.165, 1.54) is 17.1 Å². The van der Waals surface area contributed by atoms with E-state index in [9.17, 15) is 13.6 Å². The van der Waals surface area contributed by atoms with E-state index in [1.807, 2.05) is 31.2 Å². The highest BCUT2D eigenvalue weighted by Crippen LogP contribution is 2.17. The van der Waals surface area contributed by atoms with Crippen LogP contribution < -0.4 is 5.32 Å². The number of aromatic nitrogens is 5. The number of carbonyl (C=O) groups is 1. The molecule has 26 heavy (non-hydrogen) atoms. The van der Waals surface area contributed by atoms with Crippen molar-refractivity contribution >= 4 is 11.9 Å². The average molecular weight is 360 g/mol. The normalized spacial score (nSPS) is 11.1. The zero-order valence-corrected chi connectivity index (χ0v) is 14.4. The summed E-state index contributed by atoms with van der Waals surface area (Å²) < 4.78 is 28.1. The molecule has 1 amide bonds. The first-order valence-corrected chi connectivity index (χ1v) is 7.98. The fraction of sp³-hybridized carbons (Fsp3) is 0.294. The maximum Gasteiger partial charge on any atom is 0.282 e. The molecule has 0 saturated carbocycles. The number of rotatable bonds is 6. The lowest BCUT2D eigenvalue weighted by molar-refractivity contribution is -0.117. The fourth-order valence-electron chi connectivity index (χ4n) is 2.53. The molecule has 0 fully saturated rings. The zero-order valence-electron chi connectivity index (χ0n) is 14.4. The first kappa shape index (κ1) is 17.7. The van der Waals surface area contributed by atoms with Gasteiger partial charge in [-0.15, -0.1) is 5.10 Å². The average Bonchev–Trinajstić information content (AvgIpc) is 3.14. The van der Waals surface area contributed by atoms with Gasteiger partial charge in [0.15, 0.2) is 0 Å². The minimum atomic E-state index is -2.67. The van der Waals surface area contributed by atoms with Gasteiger partial charge in [0, 0.05) is 5.69 Å². The Morgan fingerprint density at radius 1 is 1.23 bits per heavy atom. The lowest BCUT2D eigenvalue weighted by atomic mass is 10.1. The molecule has 0 saturated heterocycles. The highest BCUT2D eigenvalue weighted by Gasteiger charge is 2.15. The van der Waals surface area contributed by atoms with Crippen LogP contribution in [0.2, 0.25) is 0 Å². The molecule has 7 nitrogen and oxygen atoms in total. The molecule has 136 valence electrons. The Hall–Kier alpha value is -3.10. The molecule has 3 aromatic rings. The number of hydrogen-bond acceptors (Lipinski definition) is 4. The number of halogens is 2. The van der Waals surface area contributed by atoms with Gasteiger partial charge in [0.25, 0.3) is 6.43 Å². The lowest BCUT2D eigenvalue weighted by Crippen LogP contribution is -2.21. The van der Waals surface area contributed by atoms with Crippen LogP contribution in [0.3, 0.4) is 0 Å². The van der Waals surface area contributed by atoms with Crippen molar-refractivity contribution in [2.24, 2.45) is 0 Å². The van der Waals surface area contributed by atoms with Crippen LogP contribution in [0.5, 0.6) is 0 Å². The third kappa shape index (κ3) is 4.29. The highest BCUT2D eigenvalue weighted by molar-refractivity contribution is 5.88. The molecule has 0 unspecified atom stereocenters. The first-order valence-electron chi connectivity index (χ1n) is 7.98. The summed E-state index contributed by atoms with van der Waals surface area (Å²) >= 11 is 0. The zero-order chi connectivity index (χ0) is 18.7. The Balaban J connectivity index is 1.61. The van der Waals surface area contributed by atoms with E-state index in [0.717, 1.165) is 11.1 Å². The molecule has 0 aliphatic rings. The molecule has 0 aliphatic heterocycles. The second kappa shape index (κ2) is 7.42. The predicted molar refractivity (Wildman–Crippen MR) is 90.9 cm³/mol. The smallest absolute Gasteiger partial charge is 0.282 e. The Labute approximate surface area is 148 Å². The monoisotopic (exact) mass is 360 g/mol. The number of nitrogens with one attached hydrogen (secondary N) is 1. The lowest BCUT2D eigenvalue weighted by Gasteiger charge is -2.04. The first-order chi connectivity index (χ1) is 12.4. The van der Waals surface area contributed by atoms with Gasteiger partial charge in [-0.1, -0.05) is 29.8 Å². The molecule has 1 N–H and O–H groups in total. The molecule has 2 heterocycles. The van der Waals surface area contributed by atoms with Gasteiger partial charge >= 0.3 is 0 Å². The molecule has 1 aromatic carbocycles. The van der Waals surface area contributed by atoms with Gasteiger partial charge in [-0.2, -0.15) is 5.10 Å². The molecular weight excluding hydrogens is 342 g/mol. The van der Waals surface area contributed by atoms with Crippen molar-refractivity contribution in [1.82, 2.24) is 24.5 Å². The number of benzene rings is 1. The SMILES string of the molecule is Cc1cccc(Cn2cnc(NC(=O)Cn3nc(C(F)F)cc3C)n2)c1. The standard InChI is InChI=1S/C17H18F2N6O/c1-11-4-3-5-13(6-11)8-24-10-20-17(23-24)21-15(26)9-25-12(2)7-14(22-25)16(18)19/h3-7,10,16H,8-9H2,1-2H3,(H,21,23,26). The van der Waals surface area contributed by atoms with E-state index in [4.69, 9.17) is 0 Å². The molecule has 0 atom stereocenters. The van der Waals surface area contributed by atoms with Crippen LogP contribution in [0.1, 0.15) is 28.9 Å². The van der Waals surface area contributed by atoms with Crippen molar-refractivity contribution in [3.8, 4) is 0 Å². The summed E-state index contributed by atoms with van der Waals surface area (Å²) in [5.74, 6) is -0.285. The molecule has 0 bridgehead atoms. The van der Waals surface area contributed by atoms with E-state index in [1.54, 1.807) is 11.6 Å². The predicted octanol–water partition coefficient (Wildman–Crippen LogP) is 2.72. The molecular formula is C17H18F2N6O. The highest BCUT2D eigenvalue weighted by atomic mass is 19.3. The van der Waals surface area contributed by atoms with Gasteiger partial charge in [0.1, 0.15) is 18.6 Å². The van der Waals surface area contributed by atoms with Gasteiger partial charge < -0.3 is 0 Å². The van der Waals surface area contributed by atoms with Crippen LogP contribution in [-0.2, 0) is 17.9 Å². The van der Waals surface area contributed by atoms with Crippen LogP contribution in [-0.4, -0.2) is 30.5 Å². The summed E-state index contributed by atoms with van der Waals surface area (Å²) in [7, 11) is 0. The molecule has 0 spiro atoms. The Bertz CT molecular complexity index is 918. The molecule has 3 rings (SSSR count). The maximum absolute atomic E-state index is 12.7. The maximum atomic E-state index is 12.7. The minimum Gasteiger partial charge on any atom is -0.292 e. The van der Waals surface area contributed by atoms with Crippen LogP contribution in [0, 0.1) is 13.8 Å². The summed E-state index contributed by atoms with van der Waals surface area (Å²) in [4.78, 5) is 16.1. The van der Waals surface area contributed by atoms with Crippen molar-refractivity contribution in [3.05, 3.63) is 59.2 Å². The number of nitrogens with zero attached hydrogens (tertiary/aromatic N) is 5. The van der Waals surface area contributed by atoms with Crippen LogP contribution >= 0.6 is 0 Å². The van der Waals surface area contributed by atoms with Gasteiger partial charge in [-0.25, -0.2) is 18.4 Å². The molecule has 0 radical (unpaired) electrons. The second-order valence-corrected chi connectivity index (χ2v) is 5.97. The number of alkyl halides is 2. The van der Waals surface area contributed by atoms with E-state index >= 15 is 0 Å². The van der Waals surface area contributed by atoms with E-state index < -0.39 is 12.3 Å². The topological polar surface area (TPSA) is 77.6 Å². The van der Waals surface area contributed by atoms with E-state index in [2.05, 4.69) is 20.5 Å². The number of amides is 1. The molecule has 2 aromatic heterocycles. The second-order valence-electron chi connectivity index (χ2n) is 5.97. The minimum absolute atomic E-state index is 0.154. The van der Waals surface area contributed by atoms with Gasteiger partial charge in [0.2, 0.25) is 11.9 Å². The largest absolute Gasteiger partial charge is 0.292 e. The number of carbonyl (C=O) groups excluding carboxylic acids is 1. The van der Waals surface area contributed by atoms with Crippen LogP contribution in [0.25, 0.3) is 0 Å². The van der Waals surface area contributed by atoms with E-state index in [-0.39, 0.29) is 18.2 Å². The number of aryl methyl sites for hydroxylation is 2. The van der Waals surface area contributed by atoms with Gasteiger partial charge in [-0.3, -0.25) is 14.8 Å². The summed E-state index contributed by atoms with van der Waals surface area (Å²) in [6, 6.07) is 9.25. The Kier molecular flexibility index (Phi) is 5.06. The molecule has 0 aliphatic carbocycles. The quantitative estimate of drug-likeness (QED) is 0.733.